The molecule has 7 heteroatoms. The van der Waals surface area contributed by atoms with Crippen molar-refractivity contribution in [3.8, 4) is 0 Å². The third-order valence-electron chi connectivity index (χ3n) is 4.46. The highest BCUT2D eigenvalue weighted by atomic mass is 32.2. The monoisotopic (exact) mass is 367 g/mol. The van der Waals surface area contributed by atoms with Gasteiger partial charge in [-0.1, -0.05) is 30.3 Å². The van der Waals surface area contributed by atoms with Gasteiger partial charge in [0.2, 0.25) is 10.0 Å². The first-order valence-electron chi connectivity index (χ1n) is 8.10. The SMILES string of the molecule is CN(Cc1ccccc1)S(=O)(=O)c1ccc2[nH]c(=O)c3[nH]ccc3c2c1. The summed E-state index contributed by atoms with van der Waals surface area (Å²) in [6.07, 6.45) is 1.67. The minimum Gasteiger partial charge on any atom is -0.357 e. The molecule has 2 N–H and O–H groups in total. The van der Waals surface area contributed by atoms with Gasteiger partial charge < -0.3 is 9.97 Å². The Morgan fingerprint density at radius 3 is 2.54 bits per heavy atom. The smallest absolute Gasteiger partial charge is 0.272 e. The average Bonchev–Trinajstić information content (AvgIpc) is 3.13. The van der Waals surface area contributed by atoms with Crippen LogP contribution >= 0.6 is 0 Å². The Hall–Kier alpha value is -2.90. The first-order chi connectivity index (χ1) is 12.5. The summed E-state index contributed by atoms with van der Waals surface area (Å²) in [7, 11) is -2.10. The summed E-state index contributed by atoms with van der Waals surface area (Å²) in [5.41, 5.74) is 1.72. The number of aromatic amines is 2. The zero-order valence-corrected chi connectivity index (χ0v) is 14.9. The second-order valence-electron chi connectivity index (χ2n) is 6.17. The normalized spacial score (nSPS) is 12.2. The molecule has 0 amide bonds. The number of benzene rings is 2. The fourth-order valence-corrected chi connectivity index (χ4v) is 4.27. The maximum absolute atomic E-state index is 13.0. The second kappa shape index (κ2) is 6.12. The molecule has 0 aliphatic carbocycles. The van der Waals surface area contributed by atoms with E-state index < -0.39 is 10.0 Å². The molecule has 2 aromatic carbocycles. The summed E-state index contributed by atoms with van der Waals surface area (Å²) >= 11 is 0. The summed E-state index contributed by atoms with van der Waals surface area (Å²) in [6.45, 7) is 0.284. The molecular formula is C19H17N3O3S. The van der Waals surface area contributed by atoms with Gasteiger partial charge in [-0.15, -0.1) is 0 Å². The summed E-state index contributed by atoms with van der Waals surface area (Å²) in [4.78, 5) is 17.9. The van der Waals surface area contributed by atoms with Gasteiger partial charge in [0.05, 0.1) is 4.90 Å². The minimum atomic E-state index is -3.66. The Kier molecular flexibility index (Phi) is 3.90. The molecule has 0 fully saturated rings. The third kappa shape index (κ3) is 2.71. The van der Waals surface area contributed by atoms with Crippen molar-refractivity contribution < 1.29 is 8.42 Å². The molecule has 26 heavy (non-hydrogen) atoms. The van der Waals surface area contributed by atoms with E-state index in [1.807, 2.05) is 30.3 Å². The minimum absolute atomic E-state index is 0.193. The van der Waals surface area contributed by atoms with Crippen molar-refractivity contribution >= 4 is 31.8 Å². The quantitative estimate of drug-likeness (QED) is 0.581. The molecule has 0 aliphatic rings. The van der Waals surface area contributed by atoms with E-state index in [0.717, 1.165) is 5.56 Å². The van der Waals surface area contributed by atoms with Crippen LogP contribution in [0.5, 0.6) is 0 Å². The molecule has 2 heterocycles. The van der Waals surface area contributed by atoms with Crippen molar-refractivity contribution in [1.29, 1.82) is 0 Å². The number of hydrogen-bond acceptors (Lipinski definition) is 3. The lowest BCUT2D eigenvalue weighted by atomic mass is 10.1. The maximum Gasteiger partial charge on any atom is 0.272 e. The highest BCUT2D eigenvalue weighted by molar-refractivity contribution is 7.89. The zero-order valence-electron chi connectivity index (χ0n) is 14.1. The third-order valence-corrected chi connectivity index (χ3v) is 6.26. The average molecular weight is 367 g/mol. The molecule has 4 aromatic rings. The van der Waals surface area contributed by atoms with Crippen molar-refractivity contribution in [3.05, 3.63) is 76.7 Å². The number of pyridine rings is 1. The molecule has 0 atom stereocenters. The van der Waals surface area contributed by atoms with Crippen LogP contribution in [-0.2, 0) is 16.6 Å². The van der Waals surface area contributed by atoms with Crippen molar-refractivity contribution in [1.82, 2.24) is 14.3 Å². The summed E-state index contributed by atoms with van der Waals surface area (Å²) in [6, 6.07) is 16.0. The van der Waals surface area contributed by atoms with Crippen LogP contribution in [0, 0.1) is 0 Å². The number of rotatable bonds is 4. The Morgan fingerprint density at radius 1 is 1.00 bits per heavy atom. The van der Waals surface area contributed by atoms with Crippen LogP contribution in [-0.4, -0.2) is 29.7 Å². The second-order valence-corrected chi connectivity index (χ2v) is 8.22. The Balaban J connectivity index is 1.80. The van der Waals surface area contributed by atoms with Gasteiger partial charge in [0, 0.05) is 36.1 Å². The number of H-pyrrole nitrogens is 2. The van der Waals surface area contributed by atoms with Gasteiger partial charge in [-0.2, -0.15) is 4.31 Å². The first-order valence-corrected chi connectivity index (χ1v) is 9.54. The Bertz CT molecular complexity index is 1260. The number of sulfonamides is 1. The topological polar surface area (TPSA) is 86.0 Å². The number of nitrogens with one attached hydrogen (secondary N) is 2. The zero-order chi connectivity index (χ0) is 18.3. The fraction of sp³-hybridized carbons (Fsp3) is 0.105. The van der Waals surface area contributed by atoms with Crippen molar-refractivity contribution in [2.75, 3.05) is 7.05 Å². The molecule has 0 bridgehead atoms. The molecular weight excluding hydrogens is 350 g/mol. The van der Waals surface area contributed by atoms with E-state index in [1.54, 1.807) is 31.4 Å². The van der Waals surface area contributed by atoms with E-state index in [9.17, 15) is 13.2 Å². The molecule has 0 saturated carbocycles. The van der Waals surface area contributed by atoms with Crippen LogP contribution in [0.15, 0.2) is 70.5 Å². The van der Waals surface area contributed by atoms with E-state index in [2.05, 4.69) is 9.97 Å². The van der Waals surface area contributed by atoms with Crippen molar-refractivity contribution in [2.45, 2.75) is 11.4 Å². The Morgan fingerprint density at radius 2 is 1.77 bits per heavy atom. The van der Waals surface area contributed by atoms with Crippen molar-refractivity contribution in [2.24, 2.45) is 0 Å². The van der Waals surface area contributed by atoms with E-state index in [-0.39, 0.29) is 17.0 Å². The van der Waals surface area contributed by atoms with E-state index in [4.69, 9.17) is 0 Å². The van der Waals surface area contributed by atoms with Crippen LogP contribution in [0.2, 0.25) is 0 Å². The number of hydrogen-bond donors (Lipinski definition) is 2. The van der Waals surface area contributed by atoms with Crippen molar-refractivity contribution in [3.63, 3.8) is 0 Å². The predicted molar refractivity (Wildman–Crippen MR) is 102 cm³/mol. The van der Waals surface area contributed by atoms with Gasteiger partial charge in [0.1, 0.15) is 5.52 Å². The molecule has 0 spiro atoms. The Labute approximate surface area is 150 Å². The summed E-state index contributed by atoms with van der Waals surface area (Å²) < 4.78 is 27.3. The van der Waals surface area contributed by atoms with Gasteiger partial charge in [-0.3, -0.25) is 4.79 Å². The van der Waals surface area contributed by atoms with Gasteiger partial charge in [-0.05, 0) is 29.8 Å². The van der Waals surface area contributed by atoms with E-state index in [1.165, 1.54) is 10.4 Å². The molecule has 132 valence electrons. The lowest BCUT2D eigenvalue weighted by Crippen LogP contribution is -2.26. The molecule has 6 nitrogen and oxygen atoms in total. The molecule has 0 unspecified atom stereocenters. The fourth-order valence-electron chi connectivity index (χ4n) is 3.09. The van der Waals surface area contributed by atoms with Crippen LogP contribution in [0.3, 0.4) is 0 Å². The summed E-state index contributed by atoms with van der Waals surface area (Å²) in [5, 5.41) is 1.39. The highest BCUT2D eigenvalue weighted by Gasteiger charge is 2.22. The molecule has 0 radical (unpaired) electrons. The standard InChI is InChI=1S/C19H17N3O3S/c1-22(12-13-5-3-2-4-6-13)26(24,25)14-7-8-17-16(11-14)15-9-10-20-18(15)19(23)21-17/h2-11,20H,12H2,1H3,(H,21,23). The number of aromatic nitrogens is 2. The van der Waals surface area contributed by atoms with E-state index >= 15 is 0 Å². The first kappa shape index (κ1) is 16.6. The predicted octanol–water partition coefficient (Wildman–Crippen LogP) is 2.83. The van der Waals surface area contributed by atoms with Crippen LogP contribution in [0.1, 0.15) is 5.56 Å². The van der Waals surface area contributed by atoms with Gasteiger partial charge in [-0.25, -0.2) is 8.42 Å². The van der Waals surface area contributed by atoms with Crippen LogP contribution < -0.4 is 5.56 Å². The lowest BCUT2D eigenvalue weighted by Gasteiger charge is -2.17. The highest BCUT2D eigenvalue weighted by Crippen LogP contribution is 2.25. The van der Waals surface area contributed by atoms with E-state index in [0.29, 0.717) is 21.8 Å². The lowest BCUT2D eigenvalue weighted by molar-refractivity contribution is 0.467. The summed E-state index contributed by atoms with van der Waals surface area (Å²) in [5.74, 6) is 0. The molecule has 0 saturated heterocycles. The maximum atomic E-state index is 13.0. The number of nitrogens with zero attached hydrogens (tertiary/aromatic N) is 1. The molecule has 2 aromatic heterocycles. The van der Waals surface area contributed by atoms with Crippen LogP contribution in [0.4, 0.5) is 0 Å². The van der Waals surface area contributed by atoms with Gasteiger partial charge in [0.15, 0.2) is 0 Å². The number of fused-ring (bicyclic) bond motifs is 3. The molecule has 0 aliphatic heterocycles. The van der Waals surface area contributed by atoms with Gasteiger partial charge >= 0.3 is 0 Å². The van der Waals surface area contributed by atoms with Crippen LogP contribution in [0.25, 0.3) is 21.8 Å². The largest absolute Gasteiger partial charge is 0.357 e. The van der Waals surface area contributed by atoms with Gasteiger partial charge in [0.25, 0.3) is 5.56 Å². The molecule has 4 rings (SSSR count).